The molecule has 0 bridgehead atoms. The number of anilines is 2. The highest BCUT2D eigenvalue weighted by molar-refractivity contribution is 5.46. The molecular weight excluding hydrogens is 236 g/mol. The van der Waals surface area contributed by atoms with Gasteiger partial charge in [-0.25, -0.2) is 20.8 Å². The van der Waals surface area contributed by atoms with E-state index in [9.17, 15) is 0 Å². The summed E-state index contributed by atoms with van der Waals surface area (Å²) in [5, 5.41) is 2.04. The number of nitrogen functional groups attached to an aromatic ring is 1. The minimum absolute atomic E-state index is 0.341. The van der Waals surface area contributed by atoms with E-state index in [1.54, 1.807) is 13.2 Å². The first kappa shape index (κ1) is 13.0. The lowest BCUT2D eigenvalue weighted by atomic mass is 10.4. The van der Waals surface area contributed by atoms with E-state index in [-0.39, 0.29) is 0 Å². The predicted octanol–water partition coefficient (Wildman–Crippen LogP) is -0.432. The summed E-state index contributed by atoms with van der Waals surface area (Å²) in [4.78, 5) is 8.52. The van der Waals surface area contributed by atoms with Gasteiger partial charge < -0.3 is 20.3 Å². The summed E-state index contributed by atoms with van der Waals surface area (Å²) in [5.74, 6) is 7.18. The second kappa shape index (κ2) is 6.45. The maximum Gasteiger partial charge on any atom is 0.158 e. The fourth-order valence-corrected chi connectivity index (χ4v) is 1.66. The molecule has 8 nitrogen and oxygen atoms in total. The van der Waals surface area contributed by atoms with Gasteiger partial charge in [0.1, 0.15) is 18.2 Å². The van der Waals surface area contributed by atoms with Crippen LogP contribution in [0.4, 0.5) is 11.6 Å². The fourth-order valence-electron chi connectivity index (χ4n) is 1.66. The molecule has 2 rings (SSSR count). The van der Waals surface area contributed by atoms with Gasteiger partial charge in [0.2, 0.25) is 0 Å². The van der Waals surface area contributed by atoms with Crippen molar-refractivity contribution in [3.8, 4) is 0 Å². The third-order valence-corrected chi connectivity index (χ3v) is 2.48. The van der Waals surface area contributed by atoms with Crippen molar-refractivity contribution in [2.45, 2.75) is 6.61 Å². The first-order valence-corrected chi connectivity index (χ1v) is 5.74. The molecule has 18 heavy (non-hydrogen) atoms. The number of nitrogens with zero attached hydrogens (tertiary/aromatic N) is 3. The number of hydrogen-bond acceptors (Lipinski definition) is 8. The van der Waals surface area contributed by atoms with Gasteiger partial charge in [0, 0.05) is 26.3 Å². The van der Waals surface area contributed by atoms with Crippen molar-refractivity contribution >= 4 is 11.6 Å². The molecule has 0 saturated carbocycles. The van der Waals surface area contributed by atoms with Crippen molar-refractivity contribution in [2.24, 2.45) is 5.84 Å². The molecule has 100 valence electrons. The monoisotopic (exact) mass is 254 g/mol. The number of aromatic nitrogens is 2. The van der Waals surface area contributed by atoms with E-state index in [0.29, 0.717) is 37.3 Å². The summed E-state index contributed by atoms with van der Waals surface area (Å²) >= 11 is 0. The van der Waals surface area contributed by atoms with Gasteiger partial charge in [-0.05, 0) is 0 Å². The van der Waals surface area contributed by atoms with Crippen LogP contribution in [0, 0.1) is 0 Å². The Balaban J connectivity index is 2.07. The summed E-state index contributed by atoms with van der Waals surface area (Å²) in [7, 11) is 1.60. The standard InChI is InChI=1S/C10H18N6O2/c1-17-7-10-12-8(14-11)6-9(13-10)15-16-2-4-18-5-3-16/h6H,2-5,7,11H2,1H3,(H2,12,13,14,15). The van der Waals surface area contributed by atoms with Crippen LogP contribution in [0.15, 0.2) is 6.07 Å². The van der Waals surface area contributed by atoms with Gasteiger partial charge in [0.25, 0.3) is 0 Å². The molecule has 0 radical (unpaired) electrons. The normalized spacial score (nSPS) is 16.6. The van der Waals surface area contributed by atoms with E-state index in [2.05, 4.69) is 20.8 Å². The molecule has 0 amide bonds. The SMILES string of the molecule is COCc1nc(NN)cc(NN2CCOCC2)n1. The largest absolute Gasteiger partial charge is 0.379 e. The van der Waals surface area contributed by atoms with Crippen LogP contribution < -0.4 is 16.7 Å². The van der Waals surface area contributed by atoms with Crippen LogP contribution >= 0.6 is 0 Å². The minimum atomic E-state index is 0.341. The number of morpholine rings is 1. The summed E-state index contributed by atoms with van der Waals surface area (Å²) in [6.45, 7) is 3.40. The maximum absolute atomic E-state index is 5.37. The summed E-state index contributed by atoms with van der Waals surface area (Å²) in [6.07, 6.45) is 0. The number of nitrogens with one attached hydrogen (secondary N) is 2. The lowest BCUT2D eigenvalue weighted by molar-refractivity contribution is 0.0494. The highest BCUT2D eigenvalue weighted by Gasteiger charge is 2.12. The van der Waals surface area contributed by atoms with E-state index >= 15 is 0 Å². The van der Waals surface area contributed by atoms with Crippen molar-refractivity contribution in [3.05, 3.63) is 11.9 Å². The van der Waals surface area contributed by atoms with Crippen LogP contribution in [-0.4, -0.2) is 48.4 Å². The number of ether oxygens (including phenoxy) is 2. The van der Waals surface area contributed by atoms with Crippen LogP contribution in [0.1, 0.15) is 5.82 Å². The van der Waals surface area contributed by atoms with Crippen LogP contribution in [0.3, 0.4) is 0 Å². The Morgan fingerprint density at radius 3 is 2.78 bits per heavy atom. The number of hydrogen-bond donors (Lipinski definition) is 3. The Morgan fingerprint density at radius 1 is 1.39 bits per heavy atom. The zero-order valence-corrected chi connectivity index (χ0v) is 10.3. The predicted molar refractivity (Wildman–Crippen MR) is 66.6 cm³/mol. The van der Waals surface area contributed by atoms with Crippen molar-refractivity contribution in [1.82, 2.24) is 15.0 Å². The molecule has 1 aromatic heterocycles. The van der Waals surface area contributed by atoms with Gasteiger partial charge in [-0.1, -0.05) is 0 Å². The molecule has 1 aliphatic heterocycles. The topological polar surface area (TPSA) is 97.6 Å². The number of rotatable bonds is 5. The third-order valence-electron chi connectivity index (χ3n) is 2.48. The lowest BCUT2D eigenvalue weighted by Crippen LogP contribution is -2.40. The van der Waals surface area contributed by atoms with Crippen molar-refractivity contribution in [3.63, 3.8) is 0 Å². The molecule has 8 heteroatoms. The second-order valence-corrected chi connectivity index (χ2v) is 3.84. The number of nitrogens with two attached hydrogens (primary N) is 1. The van der Waals surface area contributed by atoms with Crippen LogP contribution in [-0.2, 0) is 16.1 Å². The second-order valence-electron chi connectivity index (χ2n) is 3.84. The molecule has 4 N–H and O–H groups in total. The molecule has 0 unspecified atom stereocenters. The van der Waals surface area contributed by atoms with Gasteiger partial charge in [-0.3, -0.25) is 0 Å². The number of hydrazine groups is 2. The molecule has 0 spiro atoms. The Hall–Kier alpha value is -1.48. The van der Waals surface area contributed by atoms with Gasteiger partial charge in [-0.2, -0.15) is 0 Å². The van der Waals surface area contributed by atoms with Crippen LogP contribution in [0.2, 0.25) is 0 Å². The van der Waals surface area contributed by atoms with Crippen molar-refractivity contribution < 1.29 is 9.47 Å². The average molecular weight is 254 g/mol. The molecule has 0 atom stereocenters. The molecule has 0 aliphatic carbocycles. The highest BCUT2D eigenvalue weighted by atomic mass is 16.5. The average Bonchev–Trinajstić information content (AvgIpc) is 2.40. The first-order valence-electron chi connectivity index (χ1n) is 5.74. The van der Waals surface area contributed by atoms with E-state index in [4.69, 9.17) is 15.3 Å². The Kier molecular flexibility index (Phi) is 4.65. The van der Waals surface area contributed by atoms with Crippen LogP contribution in [0.25, 0.3) is 0 Å². The molecule has 1 aromatic rings. The molecule has 1 saturated heterocycles. The number of methoxy groups -OCH3 is 1. The molecular formula is C10H18N6O2. The van der Waals surface area contributed by atoms with Gasteiger partial charge >= 0.3 is 0 Å². The van der Waals surface area contributed by atoms with Gasteiger partial charge in [0.15, 0.2) is 5.82 Å². The Labute approximate surface area is 105 Å². The van der Waals surface area contributed by atoms with E-state index in [1.807, 2.05) is 5.01 Å². The smallest absolute Gasteiger partial charge is 0.158 e. The fraction of sp³-hybridized carbons (Fsp3) is 0.600. The Bertz CT molecular complexity index is 383. The first-order chi connectivity index (χ1) is 8.81. The van der Waals surface area contributed by atoms with Crippen LogP contribution in [0.5, 0.6) is 0 Å². The zero-order chi connectivity index (χ0) is 12.8. The molecule has 2 heterocycles. The lowest BCUT2D eigenvalue weighted by Gasteiger charge is -2.27. The zero-order valence-electron chi connectivity index (χ0n) is 10.3. The van der Waals surface area contributed by atoms with Crippen molar-refractivity contribution in [1.29, 1.82) is 0 Å². The Morgan fingerprint density at radius 2 is 2.11 bits per heavy atom. The van der Waals surface area contributed by atoms with E-state index < -0.39 is 0 Å². The maximum atomic E-state index is 5.37. The molecule has 1 fully saturated rings. The summed E-state index contributed by atoms with van der Waals surface area (Å²) in [6, 6.07) is 1.74. The molecule has 1 aliphatic rings. The van der Waals surface area contributed by atoms with Crippen molar-refractivity contribution in [2.75, 3.05) is 44.3 Å². The third kappa shape index (κ3) is 3.50. The minimum Gasteiger partial charge on any atom is -0.379 e. The molecule has 0 aromatic carbocycles. The summed E-state index contributed by atoms with van der Waals surface area (Å²) < 4.78 is 10.3. The van der Waals surface area contributed by atoms with E-state index in [0.717, 1.165) is 13.1 Å². The van der Waals surface area contributed by atoms with Gasteiger partial charge in [-0.15, -0.1) is 0 Å². The quantitative estimate of drug-likeness (QED) is 0.481. The summed E-state index contributed by atoms with van der Waals surface area (Å²) in [5.41, 5.74) is 5.72. The van der Waals surface area contributed by atoms with E-state index in [1.165, 1.54) is 0 Å². The van der Waals surface area contributed by atoms with Gasteiger partial charge in [0.05, 0.1) is 13.2 Å². The highest BCUT2D eigenvalue weighted by Crippen LogP contribution is 2.12.